The predicted octanol–water partition coefficient (Wildman–Crippen LogP) is 3.44. The Labute approximate surface area is 258 Å². The highest BCUT2D eigenvalue weighted by Gasteiger charge is 2.41. The maximum absolute atomic E-state index is 14.5. The molecule has 4 saturated heterocycles. The SMILES string of the molecule is C=CC(=O)N1CCN(C2CN(c3cc(N4CCC(O)(c5c(C)cnn5C5CCOC5)CC4)nc(C(F)F)c3CCC)C2)CC1. The lowest BCUT2D eigenvalue weighted by atomic mass is 9.86. The van der Waals surface area contributed by atoms with Crippen molar-refractivity contribution in [3.05, 3.63) is 47.4 Å². The highest BCUT2D eigenvalue weighted by molar-refractivity contribution is 5.87. The van der Waals surface area contributed by atoms with Crippen molar-refractivity contribution < 1.29 is 23.4 Å². The summed E-state index contributed by atoms with van der Waals surface area (Å²) in [5.74, 6) is 0.514. The highest BCUT2D eigenvalue weighted by Crippen LogP contribution is 2.41. The van der Waals surface area contributed by atoms with Gasteiger partial charge in [0.05, 0.1) is 24.5 Å². The minimum atomic E-state index is -2.67. The smallest absolute Gasteiger partial charge is 0.280 e. The van der Waals surface area contributed by atoms with Gasteiger partial charge >= 0.3 is 0 Å². The average Bonchev–Trinajstić information content (AvgIpc) is 3.67. The molecule has 2 aromatic rings. The molecule has 0 saturated carbocycles. The second-order valence-corrected chi connectivity index (χ2v) is 12.7. The van der Waals surface area contributed by atoms with Gasteiger partial charge in [-0.15, -0.1) is 0 Å². The molecule has 0 radical (unpaired) electrons. The van der Waals surface area contributed by atoms with Crippen LogP contribution in [0.1, 0.15) is 67.6 Å². The van der Waals surface area contributed by atoms with Crippen LogP contribution in [0.5, 0.6) is 0 Å². The summed E-state index contributed by atoms with van der Waals surface area (Å²) in [7, 11) is 0. The molecule has 44 heavy (non-hydrogen) atoms. The molecule has 1 amide bonds. The lowest BCUT2D eigenvalue weighted by Gasteiger charge is -2.49. The quantitative estimate of drug-likeness (QED) is 0.431. The van der Waals surface area contributed by atoms with E-state index < -0.39 is 12.0 Å². The van der Waals surface area contributed by atoms with Gasteiger partial charge in [0.1, 0.15) is 17.1 Å². The first-order valence-electron chi connectivity index (χ1n) is 16.0. The molecule has 4 aliphatic heterocycles. The van der Waals surface area contributed by atoms with Gasteiger partial charge in [-0.25, -0.2) is 13.8 Å². The maximum Gasteiger partial charge on any atom is 0.280 e. The fourth-order valence-corrected chi connectivity index (χ4v) is 7.38. The van der Waals surface area contributed by atoms with Crippen LogP contribution in [0.15, 0.2) is 24.9 Å². The third kappa shape index (κ3) is 5.83. The third-order valence-electron chi connectivity index (χ3n) is 9.93. The first-order valence-corrected chi connectivity index (χ1v) is 16.0. The molecule has 4 aliphatic rings. The number of aryl methyl sites for hydroxylation is 1. The monoisotopic (exact) mass is 613 g/mol. The van der Waals surface area contributed by atoms with Crippen molar-refractivity contribution in [3.8, 4) is 0 Å². The van der Waals surface area contributed by atoms with Crippen LogP contribution in [-0.2, 0) is 21.6 Å². The zero-order valence-corrected chi connectivity index (χ0v) is 25.9. The topological polar surface area (TPSA) is 90.2 Å². The molecule has 6 rings (SSSR count). The first-order chi connectivity index (χ1) is 21.2. The summed E-state index contributed by atoms with van der Waals surface area (Å²) < 4.78 is 36.5. The van der Waals surface area contributed by atoms with Crippen molar-refractivity contribution in [2.75, 3.05) is 75.4 Å². The largest absolute Gasteiger partial charge is 0.383 e. The molecule has 0 aromatic carbocycles. The number of anilines is 2. The van der Waals surface area contributed by atoms with E-state index in [0.29, 0.717) is 76.1 Å². The number of piperidine rings is 1. The van der Waals surface area contributed by atoms with Crippen LogP contribution in [0.4, 0.5) is 20.3 Å². The Bertz CT molecular complexity index is 1340. The average molecular weight is 614 g/mol. The van der Waals surface area contributed by atoms with Crippen LogP contribution in [0.3, 0.4) is 0 Å². The molecular weight excluding hydrogens is 568 g/mol. The second-order valence-electron chi connectivity index (χ2n) is 12.7. The fraction of sp³-hybridized carbons (Fsp3) is 0.656. The van der Waals surface area contributed by atoms with E-state index in [9.17, 15) is 18.7 Å². The van der Waals surface area contributed by atoms with Crippen molar-refractivity contribution in [1.29, 1.82) is 0 Å². The summed E-state index contributed by atoms with van der Waals surface area (Å²) in [6, 6.07) is 2.42. The van der Waals surface area contributed by atoms with Crippen molar-refractivity contribution in [3.63, 3.8) is 0 Å². The summed E-state index contributed by atoms with van der Waals surface area (Å²) in [5, 5.41) is 16.5. The summed E-state index contributed by atoms with van der Waals surface area (Å²) in [4.78, 5) is 25.0. The van der Waals surface area contributed by atoms with Gasteiger partial charge in [0.15, 0.2) is 0 Å². The Balaban J connectivity index is 1.18. The molecule has 6 heterocycles. The lowest BCUT2D eigenvalue weighted by molar-refractivity contribution is -0.128. The number of hydrogen-bond acceptors (Lipinski definition) is 8. The molecule has 1 unspecified atom stereocenters. The van der Waals surface area contributed by atoms with Gasteiger partial charge in [-0.2, -0.15) is 5.10 Å². The van der Waals surface area contributed by atoms with Crippen molar-refractivity contribution in [2.45, 2.75) is 70.1 Å². The summed E-state index contributed by atoms with van der Waals surface area (Å²) >= 11 is 0. The Kier molecular flexibility index (Phi) is 8.94. The number of carbonyl (C=O) groups is 1. The van der Waals surface area contributed by atoms with Crippen molar-refractivity contribution in [1.82, 2.24) is 24.6 Å². The number of aliphatic hydroxyl groups is 1. The molecule has 10 nitrogen and oxygen atoms in total. The molecule has 12 heteroatoms. The molecular formula is C32H45F2N7O3. The van der Waals surface area contributed by atoms with Gasteiger partial charge in [-0.1, -0.05) is 19.9 Å². The van der Waals surface area contributed by atoms with Crippen molar-refractivity contribution in [2.24, 2.45) is 0 Å². The molecule has 2 aromatic heterocycles. The maximum atomic E-state index is 14.5. The predicted molar refractivity (Wildman–Crippen MR) is 164 cm³/mol. The molecule has 240 valence electrons. The van der Waals surface area contributed by atoms with E-state index >= 15 is 0 Å². The summed E-state index contributed by atoms with van der Waals surface area (Å²) in [6.45, 7) is 14.3. The number of halogens is 2. The van der Waals surface area contributed by atoms with E-state index in [4.69, 9.17) is 4.74 Å². The molecule has 0 aliphatic carbocycles. The fourth-order valence-electron chi connectivity index (χ4n) is 7.38. The highest BCUT2D eigenvalue weighted by atomic mass is 19.3. The van der Waals surface area contributed by atoms with E-state index in [2.05, 4.69) is 26.5 Å². The molecule has 4 fully saturated rings. The van der Waals surface area contributed by atoms with Gasteiger partial charge < -0.3 is 24.5 Å². The molecule has 0 bridgehead atoms. The van der Waals surface area contributed by atoms with E-state index in [1.54, 1.807) is 0 Å². The van der Waals surface area contributed by atoms with E-state index in [-0.39, 0.29) is 17.6 Å². The lowest BCUT2D eigenvalue weighted by Crippen LogP contribution is -2.63. The zero-order valence-electron chi connectivity index (χ0n) is 25.9. The zero-order chi connectivity index (χ0) is 31.0. The Morgan fingerprint density at radius 3 is 2.50 bits per heavy atom. The van der Waals surface area contributed by atoms with Crippen molar-refractivity contribution >= 4 is 17.4 Å². The van der Waals surface area contributed by atoms with Gasteiger partial charge in [0.25, 0.3) is 6.43 Å². The number of nitrogens with zero attached hydrogens (tertiary/aromatic N) is 7. The number of hydrogen-bond donors (Lipinski definition) is 1. The van der Waals surface area contributed by atoms with Crippen LogP contribution < -0.4 is 9.80 Å². The molecule has 1 N–H and O–H groups in total. The standard InChI is InChI=1S/C32H45F2N7O3/c1-4-6-25-26(40-19-24(20-40)37-12-14-39(15-13-37)28(42)5-2)17-27(36-29(25)31(33)34)38-10-8-32(43,9-11-38)30-22(3)18-35-41(30)23-7-16-44-21-23/h5,17-18,23-24,31,43H,2,4,6-16,19-21H2,1,3H3. The Hall–Kier alpha value is -3.09. The number of carbonyl (C=O) groups excluding carboxylic acids is 1. The van der Waals surface area contributed by atoms with E-state index in [0.717, 1.165) is 56.0 Å². The summed E-state index contributed by atoms with van der Waals surface area (Å²) in [6.07, 6.45) is 3.58. The number of pyridine rings is 1. The van der Waals surface area contributed by atoms with Crippen LogP contribution in [0, 0.1) is 6.92 Å². The Morgan fingerprint density at radius 1 is 1.16 bits per heavy atom. The summed E-state index contributed by atoms with van der Waals surface area (Å²) in [5.41, 5.74) is 2.10. The number of piperazine rings is 1. The minimum absolute atomic E-state index is 0.0340. The van der Waals surface area contributed by atoms with Crippen LogP contribution >= 0.6 is 0 Å². The number of amides is 1. The normalized spacial score (nSPS) is 23.0. The Morgan fingerprint density at radius 2 is 1.89 bits per heavy atom. The number of ether oxygens (including phenoxy) is 1. The van der Waals surface area contributed by atoms with Gasteiger partial charge in [-0.3, -0.25) is 14.4 Å². The minimum Gasteiger partial charge on any atom is -0.383 e. The molecule has 0 spiro atoms. The van der Waals surface area contributed by atoms with Gasteiger partial charge in [-0.05, 0) is 44.2 Å². The van der Waals surface area contributed by atoms with Gasteiger partial charge in [0, 0.05) is 82.3 Å². The van der Waals surface area contributed by atoms with E-state index in [1.165, 1.54) is 6.08 Å². The van der Waals surface area contributed by atoms with E-state index in [1.807, 2.05) is 40.6 Å². The second kappa shape index (κ2) is 12.7. The first kappa shape index (κ1) is 30.9. The third-order valence-corrected chi connectivity index (χ3v) is 9.93. The number of rotatable bonds is 9. The van der Waals surface area contributed by atoms with Crippen LogP contribution in [0.2, 0.25) is 0 Å². The number of aromatic nitrogens is 3. The van der Waals surface area contributed by atoms with Crippen LogP contribution in [-0.4, -0.2) is 107 Å². The van der Waals surface area contributed by atoms with Crippen LogP contribution in [0.25, 0.3) is 0 Å². The number of alkyl halides is 2. The molecule has 1 atom stereocenters. The van der Waals surface area contributed by atoms with Gasteiger partial charge in [0.2, 0.25) is 5.91 Å².